The van der Waals surface area contributed by atoms with Gasteiger partial charge in [0.05, 0.1) is 17.5 Å². The number of thiophene rings is 1. The molecule has 1 aromatic heterocycles. The predicted octanol–water partition coefficient (Wildman–Crippen LogP) is 4.81. The van der Waals surface area contributed by atoms with Crippen molar-refractivity contribution >= 4 is 22.9 Å². The number of aryl methyl sites for hydroxylation is 1. The average molecular weight is 310 g/mol. The fourth-order valence-electron chi connectivity index (χ4n) is 2.24. The van der Waals surface area contributed by atoms with E-state index in [4.69, 9.17) is 16.3 Å². The third-order valence-electron chi connectivity index (χ3n) is 3.23. The number of rotatable bonds is 6. The zero-order valence-electron chi connectivity index (χ0n) is 12.1. The summed E-state index contributed by atoms with van der Waals surface area (Å²) in [5.74, 6) is 0.923. The maximum atomic E-state index is 6.08. The molecule has 0 amide bonds. The lowest BCUT2D eigenvalue weighted by Crippen LogP contribution is -2.22. The van der Waals surface area contributed by atoms with E-state index in [-0.39, 0.29) is 6.04 Å². The molecule has 0 aliphatic rings. The molecule has 1 atom stereocenters. The van der Waals surface area contributed by atoms with Gasteiger partial charge in [0.15, 0.2) is 0 Å². The van der Waals surface area contributed by atoms with Crippen molar-refractivity contribution in [2.24, 2.45) is 0 Å². The van der Waals surface area contributed by atoms with Crippen LogP contribution in [0.2, 0.25) is 4.34 Å². The van der Waals surface area contributed by atoms with Gasteiger partial charge in [0.2, 0.25) is 0 Å². The normalized spacial score (nSPS) is 12.4. The molecule has 2 nitrogen and oxygen atoms in total. The molecule has 0 spiro atoms. The summed E-state index contributed by atoms with van der Waals surface area (Å²) in [5.41, 5.74) is 2.39. The quantitative estimate of drug-likeness (QED) is 0.827. The van der Waals surface area contributed by atoms with E-state index in [1.807, 2.05) is 12.1 Å². The molecule has 0 fully saturated rings. The van der Waals surface area contributed by atoms with E-state index in [0.717, 1.165) is 28.6 Å². The Morgan fingerprint density at radius 2 is 2.10 bits per heavy atom. The second-order valence-corrected chi connectivity index (χ2v) is 6.50. The number of methoxy groups -OCH3 is 1. The van der Waals surface area contributed by atoms with Crippen LogP contribution in [0.1, 0.15) is 35.4 Å². The minimum atomic E-state index is 0.192. The maximum absolute atomic E-state index is 6.08. The van der Waals surface area contributed by atoms with Crippen LogP contribution in [0.5, 0.6) is 5.75 Å². The minimum absolute atomic E-state index is 0.192. The lowest BCUT2D eigenvalue weighted by Gasteiger charge is -2.19. The van der Waals surface area contributed by atoms with Crippen LogP contribution in [0.25, 0.3) is 0 Å². The Bertz CT molecular complexity index is 567. The van der Waals surface area contributed by atoms with Crippen molar-refractivity contribution < 1.29 is 4.74 Å². The van der Waals surface area contributed by atoms with Crippen LogP contribution in [0.15, 0.2) is 30.3 Å². The SMILES string of the molecule is CCCNC(c1ccc(OC)c(C)c1)c1ccc(Cl)s1. The van der Waals surface area contributed by atoms with E-state index in [1.54, 1.807) is 18.4 Å². The molecule has 0 radical (unpaired) electrons. The highest BCUT2D eigenvalue weighted by molar-refractivity contribution is 7.16. The molecular formula is C16H20ClNOS. The van der Waals surface area contributed by atoms with Crippen molar-refractivity contribution in [2.75, 3.05) is 13.7 Å². The van der Waals surface area contributed by atoms with Crippen LogP contribution in [0.3, 0.4) is 0 Å². The number of ether oxygens (including phenoxy) is 1. The van der Waals surface area contributed by atoms with E-state index in [1.165, 1.54) is 10.4 Å². The van der Waals surface area contributed by atoms with Crippen molar-refractivity contribution in [2.45, 2.75) is 26.3 Å². The molecule has 1 aromatic carbocycles. The van der Waals surface area contributed by atoms with Crippen LogP contribution in [0.4, 0.5) is 0 Å². The fourth-order valence-corrected chi connectivity index (χ4v) is 3.40. The second kappa shape index (κ2) is 7.11. The van der Waals surface area contributed by atoms with Crippen molar-refractivity contribution in [1.29, 1.82) is 0 Å². The van der Waals surface area contributed by atoms with Crippen molar-refractivity contribution in [3.63, 3.8) is 0 Å². The molecule has 1 heterocycles. The molecule has 0 bridgehead atoms. The van der Waals surface area contributed by atoms with Gasteiger partial charge in [0.25, 0.3) is 0 Å². The molecule has 2 aromatic rings. The molecule has 1 unspecified atom stereocenters. The number of hydrogen-bond acceptors (Lipinski definition) is 3. The first-order valence-corrected chi connectivity index (χ1v) is 7.98. The smallest absolute Gasteiger partial charge is 0.121 e. The highest BCUT2D eigenvalue weighted by atomic mass is 35.5. The highest BCUT2D eigenvalue weighted by Crippen LogP contribution is 2.32. The van der Waals surface area contributed by atoms with Crippen molar-refractivity contribution in [3.8, 4) is 5.75 Å². The molecule has 20 heavy (non-hydrogen) atoms. The van der Waals surface area contributed by atoms with Gasteiger partial charge >= 0.3 is 0 Å². The number of benzene rings is 1. The summed E-state index contributed by atoms with van der Waals surface area (Å²) in [6, 6.07) is 10.6. The van der Waals surface area contributed by atoms with Crippen molar-refractivity contribution in [3.05, 3.63) is 50.7 Å². The van der Waals surface area contributed by atoms with Gasteiger partial charge in [-0.15, -0.1) is 11.3 Å². The van der Waals surface area contributed by atoms with Crippen molar-refractivity contribution in [1.82, 2.24) is 5.32 Å². The summed E-state index contributed by atoms with van der Waals surface area (Å²) >= 11 is 7.70. The molecule has 4 heteroatoms. The van der Waals surface area contributed by atoms with Gasteiger partial charge in [-0.05, 0) is 49.2 Å². The zero-order valence-corrected chi connectivity index (χ0v) is 13.6. The van der Waals surface area contributed by atoms with Crippen LogP contribution >= 0.6 is 22.9 Å². The standard InChI is InChI=1S/C16H20ClNOS/c1-4-9-18-16(14-7-8-15(17)20-14)12-5-6-13(19-3)11(2)10-12/h5-8,10,16,18H,4,9H2,1-3H3. The Kier molecular flexibility index (Phi) is 5.46. The van der Waals surface area contributed by atoms with Gasteiger partial charge in [-0.3, -0.25) is 0 Å². The number of halogens is 1. The molecule has 1 N–H and O–H groups in total. The van der Waals surface area contributed by atoms with Gasteiger partial charge < -0.3 is 10.1 Å². The van der Waals surface area contributed by atoms with E-state index < -0.39 is 0 Å². The summed E-state index contributed by atoms with van der Waals surface area (Å²) in [6.07, 6.45) is 1.10. The Balaban J connectivity index is 2.33. The second-order valence-electron chi connectivity index (χ2n) is 4.76. The largest absolute Gasteiger partial charge is 0.496 e. The first-order valence-electron chi connectivity index (χ1n) is 6.79. The average Bonchev–Trinajstić information content (AvgIpc) is 2.86. The molecule has 0 saturated heterocycles. The van der Waals surface area contributed by atoms with Crippen LogP contribution in [0, 0.1) is 6.92 Å². The van der Waals surface area contributed by atoms with Gasteiger partial charge in [-0.1, -0.05) is 30.7 Å². The molecule has 0 aliphatic carbocycles. The van der Waals surface area contributed by atoms with Gasteiger partial charge in [0, 0.05) is 4.88 Å². The third kappa shape index (κ3) is 3.54. The van der Waals surface area contributed by atoms with Crippen LogP contribution in [-0.2, 0) is 0 Å². The van der Waals surface area contributed by atoms with Gasteiger partial charge in [0.1, 0.15) is 5.75 Å². The molecular weight excluding hydrogens is 290 g/mol. The summed E-state index contributed by atoms with van der Waals surface area (Å²) in [4.78, 5) is 1.24. The zero-order chi connectivity index (χ0) is 14.5. The summed E-state index contributed by atoms with van der Waals surface area (Å²) < 4.78 is 6.16. The van der Waals surface area contributed by atoms with E-state index >= 15 is 0 Å². The lowest BCUT2D eigenvalue weighted by atomic mass is 10.0. The predicted molar refractivity (Wildman–Crippen MR) is 87.2 cm³/mol. The fraction of sp³-hybridized carbons (Fsp3) is 0.375. The van der Waals surface area contributed by atoms with Gasteiger partial charge in [-0.25, -0.2) is 0 Å². The monoisotopic (exact) mass is 309 g/mol. The van der Waals surface area contributed by atoms with Gasteiger partial charge in [-0.2, -0.15) is 0 Å². The molecule has 2 rings (SSSR count). The Hall–Kier alpha value is -1.03. The Morgan fingerprint density at radius 1 is 1.30 bits per heavy atom. The Morgan fingerprint density at radius 3 is 2.65 bits per heavy atom. The van der Waals surface area contributed by atoms with E-state index in [2.05, 4.69) is 37.4 Å². The van der Waals surface area contributed by atoms with E-state index in [0.29, 0.717) is 0 Å². The summed E-state index contributed by atoms with van der Waals surface area (Å²) in [5, 5.41) is 3.59. The number of nitrogens with one attached hydrogen (secondary N) is 1. The molecule has 0 aliphatic heterocycles. The van der Waals surface area contributed by atoms with E-state index in [9.17, 15) is 0 Å². The lowest BCUT2D eigenvalue weighted by molar-refractivity contribution is 0.411. The number of hydrogen-bond donors (Lipinski definition) is 1. The third-order valence-corrected chi connectivity index (χ3v) is 4.53. The first kappa shape index (κ1) is 15.4. The Labute approximate surface area is 129 Å². The van der Waals surface area contributed by atoms with Crippen LogP contribution < -0.4 is 10.1 Å². The summed E-state index contributed by atoms with van der Waals surface area (Å²) in [7, 11) is 1.70. The summed E-state index contributed by atoms with van der Waals surface area (Å²) in [6.45, 7) is 5.22. The topological polar surface area (TPSA) is 21.3 Å². The molecule has 108 valence electrons. The highest BCUT2D eigenvalue weighted by Gasteiger charge is 2.16. The van der Waals surface area contributed by atoms with Crippen LogP contribution in [-0.4, -0.2) is 13.7 Å². The first-order chi connectivity index (χ1) is 9.65. The minimum Gasteiger partial charge on any atom is -0.496 e. The molecule has 0 saturated carbocycles. The maximum Gasteiger partial charge on any atom is 0.121 e.